The summed E-state index contributed by atoms with van der Waals surface area (Å²) in [5.41, 5.74) is 6.65. The summed E-state index contributed by atoms with van der Waals surface area (Å²) in [7, 11) is 0. The van der Waals surface area contributed by atoms with E-state index in [1.54, 1.807) is 0 Å². The first kappa shape index (κ1) is 27.5. The number of ether oxygens (including phenoxy) is 2. The van der Waals surface area contributed by atoms with Crippen molar-refractivity contribution < 1.29 is 48.7 Å². The second kappa shape index (κ2) is 12.3. The molecule has 0 fully saturated rings. The summed E-state index contributed by atoms with van der Waals surface area (Å²) in [6.45, 7) is 6.91. The van der Waals surface area contributed by atoms with Crippen LogP contribution >= 0.6 is 0 Å². The summed E-state index contributed by atoms with van der Waals surface area (Å²) >= 11 is 0. The second-order valence-electron chi connectivity index (χ2n) is 8.32. The molecule has 0 amide bonds. The van der Waals surface area contributed by atoms with Gasteiger partial charge < -0.3 is 24.1 Å². The molecule has 0 saturated carbocycles. The summed E-state index contributed by atoms with van der Waals surface area (Å²) < 4.78 is 17.3. The molecule has 0 unspecified atom stereocenters. The first-order valence-electron chi connectivity index (χ1n) is 11.3. The molecule has 4 rings (SSSR count). The van der Waals surface area contributed by atoms with E-state index in [2.05, 4.69) is 31.0 Å². The smallest absolute Gasteiger partial charge is 0.491 e. The summed E-state index contributed by atoms with van der Waals surface area (Å²) in [5, 5.41) is 9.04. The second-order valence-corrected chi connectivity index (χ2v) is 8.32. The van der Waals surface area contributed by atoms with E-state index in [0.29, 0.717) is 12.4 Å². The number of nitrogens with zero attached hydrogens (tertiary/aromatic N) is 2. The number of aromatic nitrogens is 2. The van der Waals surface area contributed by atoms with Gasteiger partial charge in [0.15, 0.2) is 5.69 Å². The van der Waals surface area contributed by atoms with Gasteiger partial charge in [0.05, 0.1) is 6.61 Å². The van der Waals surface area contributed by atoms with Crippen LogP contribution in [0.5, 0.6) is 11.5 Å². The standard InChI is InChI=1S/C27H28N2O6.Na/c1-17-14-25(33-12-11-30)18(2)13-24(17)23-6-4-5-21(19(23)3)16-34-22-9-7-20(8-10-22)15-29-26(31)28-27(32)35-29;/h4-10,13-14,30H,11-12,15-16H2,1-3H3,(H,28,31,32);/q;+1/p-1. The third-order valence-corrected chi connectivity index (χ3v) is 5.84. The Kier molecular flexibility index (Phi) is 9.39. The zero-order chi connectivity index (χ0) is 24.9. The van der Waals surface area contributed by atoms with Gasteiger partial charge in [0, 0.05) is 6.54 Å². The Labute approximate surface area is 230 Å². The number of rotatable bonds is 9. The number of aliphatic hydroxyl groups is 1. The summed E-state index contributed by atoms with van der Waals surface area (Å²) in [5.74, 6) is 0.566. The Morgan fingerprint density at radius 3 is 2.36 bits per heavy atom. The Balaban J connectivity index is 0.00000361. The van der Waals surface area contributed by atoms with E-state index in [1.165, 1.54) is 0 Å². The molecule has 4 aromatic rings. The molecular formula is C27H27N2NaO6. The van der Waals surface area contributed by atoms with Gasteiger partial charge >= 0.3 is 35.3 Å². The van der Waals surface area contributed by atoms with E-state index in [0.717, 1.165) is 49.4 Å². The van der Waals surface area contributed by atoms with E-state index in [4.69, 9.17) is 19.1 Å². The molecule has 8 nitrogen and oxygen atoms in total. The molecule has 0 aliphatic rings. The Morgan fingerprint density at radius 1 is 0.944 bits per heavy atom. The largest absolute Gasteiger partial charge is 1.00 e. The molecule has 0 bridgehead atoms. The van der Waals surface area contributed by atoms with Crippen molar-refractivity contribution in [3.8, 4) is 22.6 Å². The zero-order valence-electron chi connectivity index (χ0n) is 20.9. The molecule has 0 radical (unpaired) electrons. The van der Waals surface area contributed by atoms with Crippen molar-refractivity contribution in [3.63, 3.8) is 0 Å². The van der Waals surface area contributed by atoms with E-state index in [9.17, 15) is 9.59 Å². The first-order valence-corrected chi connectivity index (χ1v) is 11.3. The van der Waals surface area contributed by atoms with Gasteiger partial charge in [0.1, 0.15) is 24.7 Å². The van der Waals surface area contributed by atoms with Gasteiger partial charge in [-0.2, -0.15) is 0 Å². The molecule has 36 heavy (non-hydrogen) atoms. The van der Waals surface area contributed by atoms with E-state index >= 15 is 0 Å². The molecular weight excluding hydrogens is 471 g/mol. The average molecular weight is 499 g/mol. The van der Waals surface area contributed by atoms with Gasteiger partial charge in [0.25, 0.3) is 0 Å². The van der Waals surface area contributed by atoms with Gasteiger partial charge in [-0.15, -0.1) is 0 Å². The van der Waals surface area contributed by atoms with Crippen molar-refractivity contribution in [1.29, 1.82) is 0 Å². The fourth-order valence-corrected chi connectivity index (χ4v) is 3.93. The van der Waals surface area contributed by atoms with Crippen molar-refractivity contribution in [2.45, 2.75) is 33.9 Å². The Bertz CT molecular complexity index is 1440. The van der Waals surface area contributed by atoms with Crippen LogP contribution in [-0.4, -0.2) is 23.1 Å². The van der Waals surface area contributed by atoms with Crippen molar-refractivity contribution >= 4 is 0 Å². The number of benzene rings is 3. The predicted octanol–water partition coefficient (Wildman–Crippen LogP) is 0.353. The van der Waals surface area contributed by atoms with Gasteiger partial charge in [-0.3, -0.25) is 9.53 Å². The minimum Gasteiger partial charge on any atom is -0.491 e. The minimum absolute atomic E-state index is 0. The maximum Gasteiger partial charge on any atom is 1.00 e. The summed E-state index contributed by atoms with van der Waals surface area (Å²) in [6, 6.07) is 17.5. The maximum atomic E-state index is 11.5. The van der Waals surface area contributed by atoms with Gasteiger partial charge in [0.2, 0.25) is 0 Å². The van der Waals surface area contributed by atoms with Gasteiger partial charge in [-0.25, -0.2) is 4.79 Å². The molecule has 182 valence electrons. The molecule has 3 aromatic carbocycles. The van der Waals surface area contributed by atoms with E-state index < -0.39 is 11.4 Å². The molecule has 1 heterocycles. The molecule has 1 N–H and O–H groups in total. The normalized spacial score (nSPS) is 10.7. The monoisotopic (exact) mass is 498 g/mol. The van der Waals surface area contributed by atoms with Crippen LogP contribution in [0.3, 0.4) is 0 Å². The number of aliphatic hydroxyl groups excluding tert-OH is 1. The van der Waals surface area contributed by atoms with Crippen LogP contribution < -0.4 is 55.5 Å². The number of hydrogen-bond donors (Lipinski definition) is 1. The fourth-order valence-electron chi connectivity index (χ4n) is 3.93. The van der Waals surface area contributed by atoms with Crippen LogP contribution in [0.15, 0.2) is 68.7 Å². The zero-order valence-corrected chi connectivity index (χ0v) is 22.9. The fraction of sp³-hybridized carbons (Fsp3) is 0.259. The van der Waals surface area contributed by atoms with E-state index in [-0.39, 0.29) is 49.3 Å². The topological polar surface area (TPSA) is 105 Å². The molecule has 9 heteroatoms. The number of hydrogen-bond acceptors (Lipinski definition) is 6. The van der Waals surface area contributed by atoms with Crippen molar-refractivity contribution in [2.24, 2.45) is 0 Å². The quantitative estimate of drug-likeness (QED) is 0.332. The van der Waals surface area contributed by atoms with Crippen molar-refractivity contribution in [2.75, 3.05) is 13.2 Å². The van der Waals surface area contributed by atoms with Crippen LogP contribution in [0, 0.1) is 20.8 Å². The maximum absolute atomic E-state index is 11.5. The molecule has 1 aromatic heterocycles. The molecule has 0 spiro atoms. The molecule has 0 aliphatic carbocycles. The minimum atomic E-state index is -0.899. The van der Waals surface area contributed by atoms with Crippen LogP contribution in [0.1, 0.15) is 27.8 Å². The summed E-state index contributed by atoms with van der Waals surface area (Å²) in [6.07, 6.45) is 0. The molecule has 0 atom stereocenters. The third-order valence-electron chi connectivity index (χ3n) is 5.84. The summed E-state index contributed by atoms with van der Waals surface area (Å²) in [4.78, 5) is 25.8. The predicted molar refractivity (Wildman–Crippen MR) is 131 cm³/mol. The average Bonchev–Trinajstić information content (AvgIpc) is 3.16. The van der Waals surface area contributed by atoms with Crippen LogP contribution in [0.4, 0.5) is 0 Å². The first-order chi connectivity index (χ1) is 16.9. The van der Waals surface area contributed by atoms with Gasteiger partial charge in [-0.05, 0) is 84.0 Å². The molecule has 0 aliphatic heterocycles. The molecule has 0 saturated heterocycles. The Morgan fingerprint density at radius 2 is 1.69 bits per heavy atom. The van der Waals surface area contributed by atoms with E-state index in [1.807, 2.05) is 49.4 Å². The van der Waals surface area contributed by atoms with Crippen LogP contribution in [0.2, 0.25) is 0 Å². The van der Waals surface area contributed by atoms with Crippen LogP contribution in [0.25, 0.3) is 11.1 Å². The third kappa shape index (κ3) is 6.39. The Hall–Kier alpha value is -3.04. The van der Waals surface area contributed by atoms with Crippen LogP contribution in [-0.2, 0) is 13.2 Å². The van der Waals surface area contributed by atoms with Crippen molar-refractivity contribution in [3.05, 3.63) is 103 Å². The SMILES string of the molecule is Cc1cc(-c2cccc(COc3ccc(Cn4oc(=O)[n-]c4=O)cc3)c2C)c(C)cc1OCCO.[Na+]. The number of aryl methyl sites for hydroxylation is 2. The van der Waals surface area contributed by atoms with Gasteiger partial charge in [-0.1, -0.05) is 30.3 Å². The van der Waals surface area contributed by atoms with Crippen molar-refractivity contribution in [1.82, 2.24) is 9.72 Å².